The van der Waals surface area contributed by atoms with Crippen molar-refractivity contribution in [3.8, 4) is 0 Å². The molecule has 1 aromatic heterocycles. The minimum Gasteiger partial charge on any atom is -0.352 e. The Morgan fingerprint density at radius 3 is 2.65 bits per heavy atom. The van der Waals surface area contributed by atoms with Crippen LogP contribution < -0.4 is 10.6 Å². The second kappa shape index (κ2) is 7.45. The highest BCUT2D eigenvalue weighted by Gasteiger charge is 2.14. The predicted molar refractivity (Wildman–Crippen MR) is 73.1 cm³/mol. The molecule has 0 saturated heterocycles. The molecule has 96 valence electrons. The topological polar surface area (TPSA) is 41.1 Å². The van der Waals surface area contributed by atoms with Crippen molar-refractivity contribution < 1.29 is 4.79 Å². The van der Waals surface area contributed by atoms with Crippen LogP contribution >= 0.6 is 11.3 Å². The second-order valence-corrected chi connectivity index (χ2v) is 5.04. The van der Waals surface area contributed by atoms with Gasteiger partial charge in [-0.3, -0.25) is 4.79 Å². The zero-order valence-corrected chi connectivity index (χ0v) is 11.6. The van der Waals surface area contributed by atoms with Gasteiger partial charge in [0.2, 0.25) is 5.91 Å². The molecule has 0 bridgehead atoms. The van der Waals surface area contributed by atoms with Crippen LogP contribution in [-0.4, -0.2) is 18.0 Å². The summed E-state index contributed by atoms with van der Waals surface area (Å²) in [6.45, 7) is 6.85. The van der Waals surface area contributed by atoms with Gasteiger partial charge in [-0.1, -0.05) is 13.8 Å². The van der Waals surface area contributed by atoms with E-state index in [9.17, 15) is 4.79 Å². The number of carbonyl (C=O) groups is 1. The number of rotatable bonds is 7. The summed E-state index contributed by atoms with van der Waals surface area (Å²) >= 11 is 1.68. The van der Waals surface area contributed by atoms with Gasteiger partial charge in [-0.15, -0.1) is 0 Å². The molecule has 0 spiro atoms. The first-order valence-corrected chi connectivity index (χ1v) is 7.16. The molecular weight excluding hydrogens is 232 g/mol. The average molecular weight is 254 g/mol. The van der Waals surface area contributed by atoms with E-state index in [1.807, 2.05) is 12.3 Å². The molecule has 17 heavy (non-hydrogen) atoms. The molecule has 0 saturated carbocycles. The van der Waals surface area contributed by atoms with E-state index < -0.39 is 0 Å². The maximum absolute atomic E-state index is 11.9. The van der Waals surface area contributed by atoms with Crippen molar-refractivity contribution in [1.29, 1.82) is 0 Å². The first-order valence-electron chi connectivity index (χ1n) is 6.22. The van der Waals surface area contributed by atoms with Crippen molar-refractivity contribution >= 4 is 17.2 Å². The molecule has 1 amide bonds. The van der Waals surface area contributed by atoms with Gasteiger partial charge in [0, 0.05) is 12.6 Å². The van der Waals surface area contributed by atoms with E-state index in [1.165, 1.54) is 5.56 Å². The van der Waals surface area contributed by atoms with Crippen LogP contribution in [0, 0.1) is 0 Å². The van der Waals surface area contributed by atoms with Gasteiger partial charge in [0.05, 0.1) is 6.04 Å². The Morgan fingerprint density at radius 1 is 1.41 bits per heavy atom. The van der Waals surface area contributed by atoms with E-state index in [1.54, 1.807) is 11.3 Å². The molecular formula is C13H22N2OS. The van der Waals surface area contributed by atoms with Crippen molar-refractivity contribution in [3.05, 3.63) is 22.4 Å². The Balaban J connectivity index is 2.31. The molecule has 0 fully saturated rings. The van der Waals surface area contributed by atoms with Gasteiger partial charge < -0.3 is 10.6 Å². The lowest BCUT2D eigenvalue weighted by Gasteiger charge is -2.19. The van der Waals surface area contributed by atoms with E-state index in [2.05, 4.69) is 35.9 Å². The van der Waals surface area contributed by atoms with E-state index in [4.69, 9.17) is 0 Å². The number of carbonyl (C=O) groups excluding carboxylic acids is 1. The van der Waals surface area contributed by atoms with Crippen LogP contribution in [0.5, 0.6) is 0 Å². The van der Waals surface area contributed by atoms with Crippen molar-refractivity contribution in [2.45, 2.75) is 52.2 Å². The number of amides is 1. The number of hydrogen-bond acceptors (Lipinski definition) is 3. The highest BCUT2D eigenvalue weighted by molar-refractivity contribution is 7.07. The van der Waals surface area contributed by atoms with Gasteiger partial charge in [0.25, 0.3) is 0 Å². The lowest BCUT2D eigenvalue weighted by Crippen LogP contribution is -2.45. The fraction of sp³-hybridized carbons (Fsp3) is 0.615. The zero-order chi connectivity index (χ0) is 12.7. The standard InChI is InChI=1S/C13H22N2OS/c1-4-12(5-2)15-13(16)10(3)14-8-11-6-7-17-9-11/h6-7,9-10,12,14H,4-5,8H2,1-3H3,(H,15,16). The van der Waals surface area contributed by atoms with Crippen LogP contribution in [0.25, 0.3) is 0 Å². The Hall–Kier alpha value is -0.870. The fourth-order valence-electron chi connectivity index (χ4n) is 1.58. The maximum Gasteiger partial charge on any atom is 0.237 e. The smallest absolute Gasteiger partial charge is 0.237 e. The summed E-state index contributed by atoms with van der Waals surface area (Å²) in [5.41, 5.74) is 1.23. The van der Waals surface area contributed by atoms with Crippen molar-refractivity contribution in [3.63, 3.8) is 0 Å². The van der Waals surface area contributed by atoms with Gasteiger partial charge in [-0.25, -0.2) is 0 Å². The SMILES string of the molecule is CCC(CC)NC(=O)C(C)NCc1ccsc1. The largest absolute Gasteiger partial charge is 0.352 e. The first kappa shape index (κ1) is 14.2. The lowest BCUT2D eigenvalue weighted by atomic mass is 10.1. The lowest BCUT2D eigenvalue weighted by molar-refractivity contribution is -0.123. The second-order valence-electron chi connectivity index (χ2n) is 4.26. The molecule has 3 nitrogen and oxygen atoms in total. The first-order chi connectivity index (χ1) is 8.17. The maximum atomic E-state index is 11.9. The van der Waals surface area contributed by atoms with Crippen molar-refractivity contribution in [1.82, 2.24) is 10.6 Å². The molecule has 1 heterocycles. The normalized spacial score (nSPS) is 12.7. The van der Waals surface area contributed by atoms with Gasteiger partial charge in [-0.05, 0) is 42.2 Å². The minimum absolute atomic E-state index is 0.0916. The molecule has 1 atom stereocenters. The fourth-order valence-corrected chi connectivity index (χ4v) is 2.24. The summed E-state index contributed by atoms with van der Waals surface area (Å²) in [7, 11) is 0. The highest BCUT2D eigenvalue weighted by atomic mass is 32.1. The summed E-state index contributed by atoms with van der Waals surface area (Å²) in [6.07, 6.45) is 1.97. The van der Waals surface area contributed by atoms with Crippen LogP contribution in [0.3, 0.4) is 0 Å². The van der Waals surface area contributed by atoms with Crippen molar-refractivity contribution in [2.75, 3.05) is 0 Å². The molecule has 0 aliphatic carbocycles. The molecule has 1 rings (SSSR count). The quantitative estimate of drug-likeness (QED) is 0.785. The van der Waals surface area contributed by atoms with E-state index in [-0.39, 0.29) is 11.9 Å². The molecule has 0 radical (unpaired) electrons. The van der Waals surface area contributed by atoms with Crippen molar-refractivity contribution in [2.24, 2.45) is 0 Å². The van der Waals surface area contributed by atoms with Crippen LogP contribution in [0.1, 0.15) is 39.2 Å². The number of nitrogens with one attached hydrogen (secondary N) is 2. The molecule has 0 aromatic carbocycles. The molecule has 0 aliphatic rings. The van der Waals surface area contributed by atoms with Gasteiger partial charge in [-0.2, -0.15) is 11.3 Å². The molecule has 4 heteroatoms. The summed E-state index contributed by atoms with van der Waals surface area (Å²) in [6, 6.07) is 2.23. The summed E-state index contributed by atoms with van der Waals surface area (Å²) in [5.74, 6) is 0.0916. The summed E-state index contributed by atoms with van der Waals surface area (Å²) in [5, 5.41) is 10.4. The van der Waals surface area contributed by atoms with Crippen LogP contribution in [-0.2, 0) is 11.3 Å². The van der Waals surface area contributed by atoms with E-state index in [0.29, 0.717) is 6.04 Å². The third-order valence-corrected chi connectivity index (χ3v) is 3.65. The summed E-state index contributed by atoms with van der Waals surface area (Å²) < 4.78 is 0. The van der Waals surface area contributed by atoms with Crippen LogP contribution in [0.2, 0.25) is 0 Å². The van der Waals surface area contributed by atoms with Crippen LogP contribution in [0.4, 0.5) is 0 Å². The summed E-state index contributed by atoms with van der Waals surface area (Å²) in [4.78, 5) is 11.9. The van der Waals surface area contributed by atoms with Crippen LogP contribution in [0.15, 0.2) is 16.8 Å². The number of hydrogen-bond donors (Lipinski definition) is 2. The Labute approximate surface area is 108 Å². The molecule has 1 aromatic rings. The Kier molecular flexibility index (Phi) is 6.22. The minimum atomic E-state index is -0.143. The van der Waals surface area contributed by atoms with E-state index in [0.717, 1.165) is 19.4 Å². The predicted octanol–water partition coefficient (Wildman–Crippen LogP) is 2.53. The third-order valence-electron chi connectivity index (χ3n) is 2.92. The number of thiophene rings is 1. The zero-order valence-electron chi connectivity index (χ0n) is 10.8. The highest BCUT2D eigenvalue weighted by Crippen LogP contribution is 2.05. The van der Waals surface area contributed by atoms with E-state index >= 15 is 0 Å². The third kappa shape index (κ3) is 4.88. The molecule has 2 N–H and O–H groups in total. The van der Waals surface area contributed by atoms with Gasteiger partial charge in [0.15, 0.2) is 0 Å². The molecule has 0 aliphatic heterocycles. The average Bonchev–Trinajstić information content (AvgIpc) is 2.85. The Bertz CT molecular complexity index is 320. The monoisotopic (exact) mass is 254 g/mol. The van der Waals surface area contributed by atoms with Gasteiger partial charge >= 0.3 is 0 Å². The molecule has 1 unspecified atom stereocenters. The van der Waals surface area contributed by atoms with Gasteiger partial charge in [0.1, 0.15) is 0 Å². The Morgan fingerprint density at radius 2 is 2.12 bits per heavy atom.